The van der Waals surface area contributed by atoms with E-state index in [9.17, 15) is 14.4 Å². The number of esters is 1. The van der Waals surface area contributed by atoms with Gasteiger partial charge in [0.05, 0.1) is 22.5 Å². The van der Waals surface area contributed by atoms with Gasteiger partial charge in [-0.05, 0) is 60.3 Å². The molecule has 31 heavy (non-hydrogen) atoms. The molecule has 1 amide bonds. The number of carboxylic acids is 1. The van der Waals surface area contributed by atoms with Crippen LogP contribution in [0.15, 0.2) is 76.7 Å². The van der Waals surface area contributed by atoms with Crippen molar-refractivity contribution in [3.8, 4) is 5.75 Å². The first-order chi connectivity index (χ1) is 14.9. The summed E-state index contributed by atoms with van der Waals surface area (Å²) >= 11 is 1.30. The molecule has 0 unspecified atom stereocenters. The molecule has 1 aromatic heterocycles. The van der Waals surface area contributed by atoms with Gasteiger partial charge in [-0.25, -0.2) is 9.59 Å². The number of benzene rings is 2. The van der Waals surface area contributed by atoms with Gasteiger partial charge in [-0.15, -0.1) is 11.3 Å². The Labute approximate surface area is 181 Å². The fourth-order valence-electron chi connectivity index (χ4n) is 2.98. The molecule has 0 radical (unpaired) electrons. The van der Waals surface area contributed by atoms with Crippen molar-refractivity contribution in [3.63, 3.8) is 0 Å². The molecule has 0 saturated heterocycles. The van der Waals surface area contributed by atoms with Crippen LogP contribution in [-0.2, 0) is 4.79 Å². The van der Waals surface area contributed by atoms with E-state index in [1.54, 1.807) is 66.9 Å². The summed E-state index contributed by atoms with van der Waals surface area (Å²) in [5.41, 5.74) is 2.09. The molecule has 154 valence electrons. The van der Waals surface area contributed by atoms with E-state index in [4.69, 9.17) is 9.84 Å². The molecule has 0 spiro atoms. The number of nitrogens with zero attached hydrogens (tertiary/aromatic N) is 2. The van der Waals surface area contributed by atoms with Crippen LogP contribution in [0.3, 0.4) is 0 Å². The molecule has 0 saturated carbocycles. The van der Waals surface area contributed by atoms with E-state index in [0.717, 1.165) is 5.56 Å². The molecule has 2 heterocycles. The number of thiophene rings is 1. The highest BCUT2D eigenvalue weighted by Crippen LogP contribution is 2.26. The summed E-state index contributed by atoms with van der Waals surface area (Å²) in [7, 11) is 0. The Morgan fingerprint density at radius 3 is 2.55 bits per heavy atom. The SMILES string of the molecule is CC1=NN(c2cccc(C(=O)O)c2)C(=O)/C1=C\c1ccc(OC(=O)c2cccs2)cc1. The van der Waals surface area contributed by atoms with Gasteiger partial charge < -0.3 is 9.84 Å². The predicted octanol–water partition coefficient (Wildman–Crippen LogP) is 4.47. The lowest BCUT2D eigenvalue weighted by Crippen LogP contribution is -2.21. The normalized spacial score (nSPS) is 14.6. The van der Waals surface area contributed by atoms with E-state index in [1.807, 2.05) is 0 Å². The second-order valence-corrected chi connectivity index (χ2v) is 7.60. The van der Waals surface area contributed by atoms with Gasteiger partial charge in [-0.3, -0.25) is 4.79 Å². The summed E-state index contributed by atoms with van der Waals surface area (Å²) in [5.74, 6) is -1.46. The zero-order valence-corrected chi connectivity index (χ0v) is 17.1. The largest absolute Gasteiger partial charge is 0.478 e. The fraction of sp³-hybridized carbons (Fsp3) is 0.0435. The summed E-state index contributed by atoms with van der Waals surface area (Å²) in [5, 5.41) is 16.4. The van der Waals surface area contributed by atoms with Crippen molar-refractivity contribution in [1.82, 2.24) is 0 Å². The standard InChI is InChI=1S/C23H16N2O5S/c1-14-19(21(26)25(24-14)17-5-2-4-16(13-17)22(27)28)12-15-7-9-18(10-8-15)30-23(29)20-6-3-11-31-20/h2-13H,1H3,(H,27,28)/b19-12-. The van der Waals surface area contributed by atoms with Gasteiger partial charge in [0.1, 0.15) is 10.6 Å². The molecular formula is C23H16N2O5S. The molecule has 1 aliphatic rings. The maximum absolute atomic E-state index is 12.9. The fourth-order valence-corrected chi connectivity index (χ4v) is 3.58. The average molecular weight is 432 g/mol. The van der Waals surface area contributed by atoms with Gasteiger partial charge in [0.2, 0.25) is 0 Å². The summed E-state index contributed by atoms with van der Waals surface area (Å²) in [6, 6.07) is 16.3. The van der Waals surface area contributed by atoms with Gasteiger partial charge in [0.25, 0.3) is 5.91 Å². The molecular weight excluding hydrogens is 416 g/mol. The summed E-state index contributed by atoms with van der Waals surface area (Å²) in [6.07, 6.45) is 1.69. The van der Waals surface area contributed by atoms with Crippen molar-refractivity contribution in [2.75, 3.05) is 5.01 Å². The number of hydrogen-bond acceptors (Lipinski definition) is 6. The zero-order chi connectivity index (χ0) is 22.0. The Bertz CT molecular complexity index is 1230. The van der Waals surface area contributed by atoms with Crippen LogP contribution in [0.4, 0.5) is 5.69 Å². The summed E-state index contributed by atoms with van der Waals surface area (Å²) in [6.45, 7) is 1.71. The van der Waals surface area contributed by atoms with Crippen LogP contribution in [0, 0.1) is 0 Å². The summed E-state index contributed by atoms with van der Waals surface area (Å²) in [4.78, 5) is 36.6. The van der Waals surface area contributed by atoms with Gasteiger partial charge >= 0.3 is 11.9 Å². The number of rotatable bonds is 5. The van der Waals surface area contributed by atoms with Crippen molar-refractivity contribution >= 4 is 46.7 Å². The first kappa shape index (κ1) is 20.2. The molecule has 2 aromatic carbocycles. The molecule has 0 bridgehead atoms. The van der Waals surface area contributed by atoms with Crippen LogP contribution >= 0.6 is 11.3 Å². The first-order valence-electron chi connectivity index (χ1n) is 9.23. The van der Waals surface area contributed by atoms with E-state index in [1.165, 1.54) is 28.5 Å². The van der Waals surface area contributed by atoms with Crippen molar-refractivity contribution in [3.05, 3.63) is 87.6 Å². The molecule has 1 aliphatic heterocycles. The molecule has 4 rings (SSSR count). The third kappa shape index (κ3) is 4.29. The second kappa shape index (κ2) is 8.37. The molecule has 0 atom stereocenters. The van der Waals surface area contributed by atoms with Gasteiger partial charge in [-0.2, -0.15) is 10.1 Å². The molecule has 8 heteroatoms. The third-order valence-corrected chi connectivity index (χ3v) is 5.37. The number of hydrazone groups is 1. The highest BCUT2D eigenvalue weighted by Gasteiger charge is 2.29. The monoisotopic (exact) mass is 432 g/mol. The number of amides is 1. The van der Waals surface area contributed by atoms with E-state index < -0.39 is 11.9 Å². The molecule has 7 nitrogen and oxygen atoms in total. The minimum Gasteiger partial charge on any atom is -0.478 e. The number of carbonyl (C=O) groups excluding carboxylic acids is 2. The topological polar surface area (TPSA) is 96.3 Å². The van der Waals surface area contributed by atoms with E-state index in [0.29, 0.717) is 27.6 Å². The van der Waals surface area contributed by atoms with Crippen molar-refractivity contribution in [2.24, 2.45) is 5.10 Å². The van der Waals surface area contributed by atoms with Gasteiger partial charge in [0.15, 0.2) is 0 Å². The number of aromatic carboxylic acids is 1. The molecule has 0 aliphatic carbocycles. The Morgan fingerprint density at radius 1 is 1.10 bits per heavy atom. The number of carboxylic acid groups (broad SMARTS) is 1. The number of ether oxygens (including phenoxy) is 1. The van der Waals surface area contributed by atoms with Crippen LogP contribution in [-0.4, -0.2) is 28.7 Å². The van der Waals surface area contributed by atoms with Gasteiger partial charge in [0, 0.05) is 0 Å². The zero-order valence-electron chi connectivity index (χ0n) is 16.3. The van der Waals surface area contributed by atoms with Crippen molar-refractivity contribution in [2.45, 2.75) is 6.92 Å². The maximum Gasteiger partial charge on any atom is 0.353 e. The van der Waals surface area contributed by atoms with E-state index >= 15 is 0 Å². The molecule has 0 fully saturated rings. The van der Waals surface area contributed by atoms with Crippen molar-refractivity contribution < 1.29 is 24.2 Å². The van der Waals surface area contributed by atoms with Gasteiger partial charge in [-0.1, -0.05) is 24.3 Å². The molecule has 3 aromatic rings. The Kier molecular flexibility index (Phi) is 5.46. The first-order valence-corrected chi connectivity index (χ1v) is 10.1. The highest BCUT2D eigenvalue weighted by atomic mass is 32.1. The number of carbonyl (C=O) groups is 3. The third-order valence-electron chi connectivity index (χ3n) is 4.52. The second-order valence-electron chi connectivity index (χ2n) is 6.65. The Morgan fingerprint density at radius 2 is 1.87 bits per heavy atom. The van der Waals surface area contributed by atoms with Crippen LogP contribution < -0.4 is 9.75 Å². The van der Waals surface area contributed by atoms with Crippen molar-refractivity contribution in [1.29, 1.82) is 0 Å². The lowest BCUT2D eigenvalue weighted by atomic mass is 10.1. The van der Waals surface area contributed by atoms with Crippen LogP contribution in [0.1, 0.15) is 32.5 Å². The van der Waals surface area contributed by atoms with E-state index in [-0.39, 0.29) is 11.5 Å². The summed E-state index contributed by atoms with van der Waals surface area (Å²) < 4.78 is 5.34. The minimum absolute atomic E-state index is 0.0725. The lowest BCUT2D eigenvalue weighted by molar-refractivity contribution is -0.114. The van der Waals surface area contributed by atoms with Crippen LogP contribution in [0.5, 0.6) is 5.75 Å². The number of hydrogen-bond donors (Lipinski definition) is 1. The number of anilines is 1. The minimum atomic E-state index is -1.08. The quantitative estimate of drug-likeness (QED) is 0.365. The predicted molar refractivity (Wildman–Crippen MR) is 118 cm³/mol. The Hall–Kier alpha value is -4.04. The maximum atomic E-state index is 12.9. The van der Waals surface area contributed by atoms with Crippen LogP contribution in [0.2, 0.25) is 0 Å². The van der Waals surface area contributed by atoms with Crippen LogP contribution in [0.25, 0.3) is 6.08 Å². The smallest absolute Gasteiger partial charge is 0.353 e. The average Bonchev–Trinajstić information content (AvgIpc) is 3.40. The highest BCUT2D eigenvalue weighted by molar-refractivity contribution is 7.12. The lowest BCUT2D eigenvalue weighted by Gasteiger charge is -2.12. The Balaban J connectivity index is 1.52. The van der Waals surface area contributed by atoms with E-state index in [2.05, 4.69) is 5.10 Å². The molecule has 1 N–H and O–H groups in total.